The van der Waals surface area contributed by atoms with Crippen LogP contribution in [0.4, 0.5) is 0 Å². The summed E-state index contributed by atoms with van der Waals surface area (Å²) >= 11 is 0. The predicted molar refractivity (Wildman–Crippen MR) is 83.9 cm³/mol. The number of rotatable bonds is 5. The van der Waals surface area contributed by atoms with E-state index in [1.165, 1.54) is 0 Å². The van der Waals surface area contributed by atoms with Crippen molar-refractivity contribution < 1.29 is 14.6 Å². The van der Waals surface area contributed by atoms with Gasteiger partial charge in [-0.3, -0.25) is 4.90 Å². The van der Waals surface area contributed by atoms with Gasteiger partial charge < -0.3 is 14.6 Å². The van der Waals surface area contributed by atoms with E-state index in [1.54, 1.807) is 20.3 Å². The van der Waals surface area contributed by atoms with E-state index in [-0.39, 0.29) is 6.04 Å². The molecule has 0 bridgehead atoms. The molecule has 120 valence electrons. The first-order valence-corrected chi connectivity index (χ1v) is 7.59. The number of hydrogen-bond donors (Lipinski definition) is 1. The molecular weight excluding hydrogens is 280 g/mol. The summed E-state index contributed by atoms with van der Waals surface area (Å²) in [6.07, 6.45) is 1.80. The molecule has 1 heterocycles. The van der Waals surface area contributed by atoms with Crippen LogP contribution in [0.1, 0.15) is 31.7 Å². The Morgan fingerprint density at radius 1 is 1.23 bits per heavy atom. The van der Waals surface area contributed by atoms with Gasteiger partial charge in [-0.05, 0) is 37.5 Å². The fourth-order valence-electron chi connectivity index (χ4n) is 2.96. The van der Waals surface area contributed by atoms with E-state index >= 15 is 0 Å². The lowest BCUT2D eigenvalue weighted by Gasteiger charge is -2.40. The van der Waals surface area contributed by atoms with E-state index in [1.807, 2.05) is 12.1 Å². The van der Waals surface area contributed by atoms with E-state index in [0.29, 0.717) is 30.8 Å². The minimum Gasteiger partial charge on any atom is -0.497 e. The topological polar surface area (TPSA) is 65.7 Å². The Morgan fingerprint density at radius 2 is 1.77 bits per heavy atom. The molecule has 5 nitrogen and oxygen atoms in total. The zero-order valence-corrected chi connectivity index (χ0v) is 13.5. The summed E-state index contributed by atoms with van der Waals surface area (Å²) in [5.74, 6) is 1.37. The summed E-state index contributed by atoms with van der Waals surface area (Å²) in [5, 5.41) is 19.8. The smallest absolute Gasteiger partial charge is 0.122 e. The maximum absolute atomic E-state index is 11.0. The van der Waals surface area contributed by atoms with Gasteiger partial charge in [0.2, 0.25) is 0 Å². The second-order valence-electron chi connectivity index (χ2n) is 5.88. The molecule has 0 spiro atoms. The van der Waals surface area contributed by atoms with E-state index in [9.17, 15) is 5.11 Å². The summed E-state index contributed by atoms with van der Waals surface area (Å²) in [6.45, 7) is 3.61. The van der Waals surface area contributed by atoms with Gasteiger partial charge in [-0.15, -0.1) is 0 Å². The van der Waals surface area contributed by atoms with Crippen molar-refractivity contribution in [2.45, 2.75) is 37.8 Å². The quantitative estimate of drug-likeness (QED) is 0.904. The zero-order valence-electron chi connectivity index (χ0n) is 13.5. The van der Waals surface area contributed by atoms with Gasteiger partial charge in [0.1, 0.15) is 11.5 Å². The van der Waals surface area contributed by atoms with Gasteiger partial charge in [-0.2, -0.15) is 5.26 Å². The maximum atomic E-state index is 11.0. The maximum Gasteiger partial charge on any atom is 0.122 e. The Morgan fingerprint density at radius 3 is 2.23 bits per heavy atom. The standard InChI is InChI=1S/C17H24N2O3/c1-13(4-7-18)19-8-5-17(20,6-9-19)14-10-15(21-2)12-16(11-14)22-3/h10-13,20H,4-6,8-9H2,1-3H3. The molecule has 0 saturated carbocycles. The molecule has 1 N–H and O–H groups in total. The highest BCUT2D eigenvalue weighted by Gasteiger charge is 2.35. The highest BCUT2D eigenvalue weighted by Crippen LogP contribution is 2.37. The Balaban J connectivity index is 2.15. The van der Waals surface area contributed by atoms with Crippen LogP contribution in [0.5, 0.6) is 11.5 Å². The third kappa shape index (κ3) is 3.52. The second-order valence-corrected chi connectivity index (χ2v) is 5.88. The Hall–Kier alpha value is -1.77. The number of benzene rings is 1. The van der Waals surface area contributed by atoms with Crippen LogP contribution >= 0.6 is 0 Å². The lowest BCUT2D eigenvalue weighted by Crippen LogP contribution is -2.46. The summed E-state index contributed by atoms with van der Waals surface area (Å²) in [6, 6.07) is 7.99. The van der Waals surface area contributed by atoms with Gasteiger partial charge >= 0.3 is 0 Å². The Labute approximate surface area is 132 Å². The minimum absolute atomic E-state index is 0.231. The largest absolute Gasteiger partial charge is 0.497 e. The first kappa shape index (κ1) is 16.6. The van der Waals surface area contributed by atoms with Crippen molar-refractivity contribution in [1.29, 1.82) is 5.26 Å². The van der Waals surface area contributed by atoms with Crippen molar-refractivity contribution >= 4 is 0 Å². The van der Waals surface area contributed by atoms with Gasteiger partial charge in [-0.1, -0.05) is 0 Å². The van der Waals surface area contributed by atoms with Crippen molar-refractivity contribution in [3.8, 4) is 17.6 Å². The summed E-state index contributed by atoms with van der Waals surface area (Å²) in [5.41, 5.74) is -0.0405. The molecule has 0 radical (unpaired) electrons. The van der Waals surface area contributed by atoms with Crippen LogP contribution < -0.4 is 9.47 Å². The average molecular weight is 304 g/mol. The Kier molecular flexibility index (Phi) is 5.28. The lowest BCUT2D eigenvalue weighted by molar-refractivity contribution is -0.0338. The molecule has 1 aromatic carbocycles. The van der Waals surface area contributed by atoms with Crippen molar-refractivity contribution in [3.63, 3.8) is 0 Å². The molecule has 1 aromatic rings. The highest BCUT2D eigenvalue weighted by atomic mass is 16.5. The SMILES string of the molecule is COc1cc(OC)cc(C2(O)CCN(C(C)CC#N)CC2)c1. The van der Waals surface area contributed by atoms with Crippen LogP contribution in [-0.4, -0.2) is 43.4 Å². The van der Waals surface area contributed by atoms with E-state index in [2.05, 4.69) is 17.9 Å². The number of likely N-dealkylation sites (tertiary alicyclic amines) is 1. The van der Waals surface area contributed by atoms with E-state index < -0.39 is 5.60 Å². The fourth-order valence-corrected chi connectivity index (χ4v) is 2.96. The molecule has 0 aliphatic carbocycles. The first-order valence-electron chi connectivity index (χ1n) is 7.59. The first-order chi connectivity index (χ1) is 10.5. The molecule has 1 saturated heterocycles. The molecule has 1 fully saturated rings. The van der Waals surface area contributed by atoms with Crippen LogP contribution in [0, 0.1) is 11.3 Å². The van der Waals surface area contributed by atoms with Gasteiger partial charge in [0.25, 0.3) is 0 Å². The number of nitrogens with zero attached hydrogens (tertiary/aromatic N) is 2. The molecular formula is C17H24N2O3. The van der Waals surface area contributed by atoms with Crippen LogP contribution in [0.15, 0.2) is 18.2 Å². The molecule has 1 aliphatic heterocycles. The van der Waals surface area contributed by atoms with Gasteiger partial charge in [0.05, 0.1) is 32.3 Å². The average Bonchev–Trinajstić information content (AvgIpc) is 2.55. The predicted octanol–water partition coefficient (Wildman–Crippen LogP) is 2.29. The highest BCUT2D eigenvalue weighted by molar-refractivity contribution is 5.41. The molecule has 1 unspecified atom stereocenters. The monoisotopic (exact) mass is 304 g/mol. The molecule has 22 heavy (non-hydrogen) atoms. The molecule has 1 atom stereocenters. The van der Waals surface area contributed by atoms with Gasteiger partial charge in [-0.25, -0.2) is 0 Å². The number of methoxy groups -OCH3 is 2. The minimum atomic E-state index is -0.870. The molecule has 1 aliphatic rings. The van der Waals surface area contributed by atoms with Crippen LogP contribution in [-0.2, 0) is 5.60 Å². The molecule has 2 rings (SSSR count). The van der Waals surface area contributed by atoms with Crippen LogP contribution in [0.3, 0.4) is 0 Å². The van der Waals surface area contributed by atoms with Gasteiger partial charge in [0, 0.05) is 25.2 Å². The third-order valence-electron chi connectivity index (χ3n) is 4.52. The number of aliphatic hydroxyl groups is 1. The second kappa shape index (κ2) is 6.99. The summed E-state index contributed by atoms with van der Waals surface area (Å²) in [4.78, 5) is 2.26. The van der Waals surface area contributed by atoms with Gasteiger partial charge in [0.15, 0.2) is 0 Å². The van der Waals surface area contributed by atoms with E-state index in [0.717, 1.165) is 18.7 Å². The lowest BCUT2D eigenvalue weighted by atomic mass is 9.83. The molecule has 0 aromatic heterocycles. The summed E-state index contributed by atoms with van der Waals surface area (Å²) in [7, 11) is 3.21. The third-order valence-corrected chi connectivity index (χ3v) is 4.52. The van der Waals surface area contributed by atoms with Crippen molar-refractivity contribution in [3.05, 3.63) is 23.8 Å². The normalized spacial score (nSPS) is 19.2. The molecule has 0 amide bonds. The number of hydrogen-bond acceptors (Lipinski definition) is 5. The van der Waals surface area contributed by atoms with Crippen molar-refractivity contribution in [2.75, 3.05) is 27.3 Å². The Bertz CT molecular complexity index is 523. The van der Waals surface area contributed by atoms with Crippen LogP contribution in [0.25, 0.3) is 0 Å². The fraction of sp³-hybridized carbons (Fsp3) is 0.588. The van der Waals surface area contributed by atoms with Crippen LogP contribution in [0.2, 0.25) is 0 Å². The summed E-state index contributed by atoms with van der Waals surface area (Å²) < 4.78 is 10.6. The number of nitriles is 1. The van der Waals surface area contributed by atoms with Crippen molar-refractivity contribution in [1.82, 2.24) is 4.90 Å². The molecule has 5 heteroatoms. The number of piperidine rings is 1. The van der Waals surface area contributed by atoms with E-state index in [4.69, 9.17) is 14.7 Å². The van der Waals surface area contributed by atoms with Crippen molar-refractivity contribution in [2.24, 2.45) is 0 Å². The number of ether oxygens (including phenoxy) is 2. The zero-order chi connectivity index (χ0) is 16.2.